The molecule has 206 valence electrons. The highest BCUT2D eigenvalue weighted by molar-refractivity contribution is 6.03. The smallest absolute Gasteiger partial charge is 0.256 e. The predicted octanol–water partition coefficient (Wildman–Crippen LogP) is 4.29. The molecule has 6 rings (SSSR count). The van der Waals surface area contributed by atoms with E-state index in [-0.39, 0.29) is 24.0 Å². The molecule has 3 aromatic heterocycles. The SMILES string of the molecule is Cc1ccnc(NC(=O)c2ccc(Oc3ccnc4[nH]nc(NC5CCCN(C(=O)C6CCCO6)C5)c34)cc2)c1. The first-order valence-corrected chi connectivity index (χ1v) is 13.6. The molecule has 4 aromatic rings. The Morgan fingerprint density at radius 3 is 2.73 bits per heavy atom. The number of pyridine rings is 2. The van der Waals surface area contributed by atoms with Crippen molar-refractivity contribution in [2.24, 2.45) is 0 Å². The second kappa shape index (κ2) is 11.3. The number of nitrogens with one attached hydrogen (secondary N) is 3. The van der Waals surface area contributed by atoms with Crippen LogP contribution in [0.15, 0.2) is 54.9 Å². The van der Waals surface area contributed by atoms with E-state index in [1.54, 1.807) is 42.7 Å². The summed E-state index contributed by atoms with van der Waals surface area (Å²) in [7, 11) is 0. The average Bonchev–Trinajstić information content (AvgIpc) is 3.65. The maximum absolute atomic E-state index is 12.9. The molecule has 0 aliphatic carbocycles. The number of carbonyl (C=O) groups is 2. The van der Waals surface area contributed by atoms with Crippen molar-refractivity contribution in [3.05, 3.63) is 66.0 Å². The van der Waals surface area contributed by atoms with Crippen molar-refractivity contribution in [1.29, 1.82) is 0 Å². The number of nitrogens with zero attached hydrogens (tertiary/aromatic N) is 4. The van der Waals surface area contributed by atoms with E-state index in [0.717, 1.165) is 43.2 Å². The van der Waals surface area contributed by atoms with E-state index in [2.05, 4.69) is 30.8 Å². The zero-order valence-electron chi connectivity index (χ0n) is 22.2. The molecule has 11 nitrogen and oxygen atoms in total. The fraction of sp³-hybridized carbons (Fsp3) is 0.345. The number of H-pyrrole nitrogens is 1. The zero-order valence-corrected chi connectivity index (χ0v) is 22.2. The Balaban J connectivity index is 1.14. The number of aromatic nitrogens is 4. The van der Waals surface area contributed by atoms with Crippen LogP contribution in [0.4, 0.5) is 11.6 Å². The van der Waals surface area contributed by atoms with Gasteiger partial charge >= 0.3 is 0 Å². The lowest BCUT2D eigenvalue weighted by atomic mass is 10.0. The van der Waals surface area contributed by atoms with Crippen molar-refractivity contribution in [2.75, 3.05) is 30.3 Å². The second-order valence-corrected chi connectivity index (χ2v) is 10.2. The van der Waals surface area contributed by atoms with E-state index in [1.807, 2.05) is 24.0 Å². The van der Waals surface area contributed by atoms with Gasteiger partial charge in [0.25, 0.3) is 11.8 Å². The molecule has 2 aliphatic rings. The summed E-state index contributed by atoms with van der Waals surface area (Å²) in [4.78, 5) is 36.0. The van der Waals surface area contributed by atoms with E-state index in [1.165, 1.54) is 0 Å². The number of hydrogen-bond donors (Lipinski definition) is 3. The third-order valence-corrected chi connectivity index (χ3v) is 7.20. The summed E-state index contributed by atoms with van der Waals surface area (Å²) in [6, 6.07) is 12.4. The minimum atomic E-state index is -0.314. The first kappa shape index (κ1) is 25.8. The number of amides is 2. The quantitative estimate of drug-likeness (QED) is 0.316. The molecular formula is C29H31N7O4. The molecule has 3 N–H and O–H groups in total. The Labute approximate surface area is 231 Å². The van der Waals surface area contributed by atoms with Crippen LogP contribution in [-0.4, -0.2) is 68.7 Å². The first-order chi connectivity index (χ1) is 19.5. The fourth-order valence-corrected chi connectivity index (χ4v) is 5.17. The minimum Gasteiger partial charge on any atom is -0.456 e. The molecule has 5 heterocycles. The minimum absolute atomic E-state index is 0.0411. The van der Waals surface area contributed by atoms with Crippen molar-refractivity contribution in [2.45, 2.75) is 44.8 Å². The first-order valence-electron chi connectivity index (χ1n) is 13.6. The van der Waals surface area contributed by atoms with Crippen LogP contribution in [0.1, 0.15) is 41.6 Å². The average molecular weight is 542 g/mol. The van der Waals surface area contributed by atoms with Gasteiger partial charge in [0.1, 0.15) is 28.8 Å². The number of hydrogen-bond acceptors (Lipinski definition) is 8. The lowest BCUT2D eigenvalue weighted by Crippen LogP contribution is -2.48. The van der Waals surface area contributed by atoms with E-state index < -0.39 is 0 Å². The predicted molar refractivity (Wildman–Crippen MR) is 150 cm³/mol. The van der Waals surface area contributed by atoms with Crippen LogP contribution in [0.25, 0.3) is 11.0 Å². The Morgan fingerprint density at radius 1 is 1.07 bits per heavy atom. The van der Waals surface area contributed by atoms with Crippen LogP contribution in [0.3, 0.4) is 0 Å². The molecule has 2 amide bonds. The van der Waals surface area contributed by atoms with Crippen molar-refractivity contribution in [3.8, 4) is 11.5 Å². The van der Waals surface area contributed by atoms with Crippen LogP contribution in [0, 0.1) is 6.92 Å². The number of likely N-dealkylation sites (tertiary alicyclic amines) is 1. The lowest BCUT2D eigenvalue weighted by molar-refractivity contribution is -0.142. The maximum atomic E-state index is 12.9. The van der Waals surface area contributed by atoms with Gasteiger partial charge in [0.2, 0.25) is 0 Å². The van der Waals surface area contributed by atoms with Crippen LogP contribution >= 0.6 is 0 Å². The summed E-state index contributed by atoms with van der Waals surface area (Å²) in [5.74, 6) is 2.09. The normalized spacial score (nSPS) is 19.0. The van der Waals surface area contributed by atoms with Gasteiger partial charge < -0.3 is 25.0 Å². The molecule has 2 fully saturated rings. The van der Waals surface area contributed by atoms with Crippen LogP contribution in [0.5, 0.6) is 11.5 Å². The molecule has 2 atom stereocenters. The third kappa shape index (κ3) is 5.59. The van der Waals surface area contributed by atoms with Gasteiger partial charge in [-0.25, -0.2) is 9.97 Å². The van der Waals surface area contributed by atoms with Crippen molar-refractivity contribution >= 4 is 34.5 Å². The van der Waals surface area contributed by atoms with Gasteiger partial charge in [-0.1, -0.05) is 0 Å². The number of aryl methyl sites for hydroxylation is 1. The molecule has 11 heteroatoms. The number of ether oxygens (including phenoxy) is 2. The lowest BCUT2D eigenvalue weighted by Gasteiger charge is -2.34. The zero-order chi connectivity index (χ0) is 27.5. The van der Waals surface area contributed by atoms with E-state index in [0.29, 0.717) is 47.5 Å². The maximum Gasteiger partial charge on any atom is 0.256 e. The Kier molecular flexibility index (Phi) is 7.28. The van der Waals surface area contributed by atoms with E-state index in [9.17, 15) is 9.59 Å². The summed E-state index contributed by atoms with van der Waals surface area (Å²) in [5.41, 5.74) is 2.09. The molecule has 2 saturated heterocycles. The highest BCUT2D eigenvalue weighted by Crippen LogP contribution is 2.34. The van der Waals surface area contributed by atoms with Crippen molar-refractivity contribution in [1.82, 2.24) is 25.1 Å². The Morgan fingerprint density at radius 2 is 1.93 bits per heavy atom. The molecule has 2 unspecified atom stereocenters. The highest BCUT2D eigenvalue weighted by atomic mass is 16.5. The highest BCUT2D eigenvalue weighted by Gasteiger charge is 2.32. The van der Waals surface area contributed by atoms with Gasteiger partial charge in [0.05, 0.1) is 0 Å². The fourth-order valence-electron chi connectivity index (χ4n) is 5.17. The number of anilines is 2. The second-order valence-electron chi connectivity index (χ2n) is 10.2. The van der Waals surface area contributed by atoms with E-state index >= 15 is 0 Å². The van der Waals surface area contributed by atoms with Gasteiger partial charge in [-0.05, 0) is 74.6 Å². The number of piperidine rings is 1. The standard InChI is InChI=1S/C29H31N7O4/c1-18-10-12-30-24(16-18)33-28(37)19-6-8-21(9-7-19)40-22-11-13-31-26-25(22)27(35-34-26)32-20-4-2-14-36(17-20)29(38)23-5-3-15-39-23/h6-13,16,20,23H,2-5,14-15,17H2,1H3,(H,30,33,37)(H2,31,32,34,35). The van der Waals surface area contributed by atoms with Gasteiger partial charge in [0, 0.05) is 49.8 Å². The summed E-state index contributed by atoms with van der Waals surface area (Å²) in [5, 5.41) is 14.5. The molecule has 2 aliphatic heterocycles. The summed E-state index contributed by atoms with van der Waals surface area (Å²) in [6.45, 7) is 3.92. The van der Waals surface area contributed by atoms with Crippen molar-refractivity contribution < 1.29 is 19.1 Å². The number of rotatable bonds is 7. The Bertz CT molecular complexity index is 1510. The molecule has 0 spiro atoms. The molecule has 1 aromatic carbocycles. The van der Waals surface area contributed by atoms with Crippen LogP contribution in [-0.2, 0) is 9.53 Å². The van der Waals surface area contributed by atoms with Gasteiger partial charge in [-0.15, -0.1) is 0 Å². The molecular weight excluding hydrogens is 510 g/mol. The summed E-state index contributed by atoms with van der Waals surface area (Å²) < 4.78 is 11.8. The van der Waals surface area contributed by atoms with Gasteiger partial charge in [-0.2, -0.15) is 5.10 Å². The van der Waals surface area contributed by atoms with Crippen molar-refractivity contribution in [3.63, 3.8) is 0 Å². The number of carbonyl (C=O) groups excluding carboxylic acids is 2. The summed E-state index contributed by atoms with van der Waals surface area (Å²) in [6.07, 6.45) is 6.54. The largest absolute Gasteiger partial charge is 0.456 e. The van der Waals surface area contributed by atoms with Crippen LogP contribution in [0.2, 0.25) is 0 Å². The summed E-state index contributed by atoms with van der Waals surface area (Å²) >= 11 is 0. The van der Waals surface area contributed by atoms with E-state index in [4.69, 9.17) is 9.47 Å². The Hall–Kier alpha value is -4.51. The molecule has 0 radical (unpaired) electrons. The van der Waals surface area contributed by atoms with Gasteiger partial charge in [0.15, 0.2) is 11.5 Å². The molecule has 40 heavy (non-hydrogen) atoms. The number of fused-ring (bicyclic) bond motifs is 1. The molecule has 0 saturated carbocycles. The third-order valence-electron chi connectivity index (χ3n) is 7.20. The number of benzene rings is 1. The topological polar surface area (TPSA) is 134 Å². The monoisotopic (exact) mass is 541 g/mol. The van der Waals surface area contributed by atoms with Gasteiger partial charge in [-0.3, -0.25) is 14.7 Å². The van der Waals surface area contributed by atoms with Crippen LogP contribution < -0.4 is 15.4 Å². The molecule has 0 bridgehead atoms. The number of aromatic amines is 1.